The van der Waals surface area contributed by atoms with Crippen molar-refractivity contribution in [2.24, 2.45) is 5.73 Å². The molecule has 5 heterocycles. The highest BCUT2D eigenvalue weighted by molar-refractivity contribution is 6.31. The Labute approximate surface area is 228 Å². The van der Waals surface area contributed by atoms with E-state index in [1.807, 2.05) is 41.1 Å². The number of carbonyl (C=O) groups is 2. The predicted octanol–water partition coefficient (Wildman–Crippen LogP) is 2.55. The summed E-state index contributed by atoms with van der Waals surface area (Å²) in [4.78, 5) is 44.0. The summed E-state index contributed by atoms with van der Waals surface area (Å²) >= 11 is 6.32. The summed E-state index contributed by atoms with van der Waals surface area (Å²) in [6.45, 7) is 3.24. The van der Waals surface area contributed by atoms with Gasteiger partial charge in [0.2, 0.25) is 5.91 Å². The number of hydrogen-bond donors (Lipinski definition) is 3. The van der Waals surface area contributed by atoms with Crippen molar-refractivity contribution < 1.29 is 9.59 Å². The summed E-state index contributed by atoms with van der Waals surface area (Å²) in [6, 6.07) is 10.7. The van der Waals surface area contributed by atoms with Gasteiger partial charge in [-0.25, -0.2) is 9.97 Å². The van der Waals surface area contributed by atoms with Crippen LogP contribution in [-0.2, 0) is 17.8 Å². The van der Waals surface area contributed by atoms with Gasteiger partial charge >= 0.3 is 0 Å². The molecule has 39 heavy (non-hydrogen) atoms. The topological polar surface area (TPSA) is 148 Å². The van der Waals surface area contributed by atoms with Gasteiger partial charge in [0, 0.05) is 60.6 Å². The Morgan fingerprint density at radius 3 is 2.85 bits per heavy atom. The molecule has 1 aromatic carbocycles. The summed E-state index contributed by atoms with van der Waals surface area (Å²) in [5, 5.41) is 9.09. The normalized spacial score (nSPS) is 14.5. The van der Waals surface area contributed by atoms with Gasteiger partial charge in [-0.3, -0.25) is 19.3 Å². The number of carbonyl (C=O) groups excluding carboxylic acids is 2. The van der Waals surface area contributed by atoms with E-state index in [2.05, 4.69) is 20.3 Å². The zero-order chi connectivity index (χ0) is 27.1. The second-order valence-corrected chi connectivity index (χ2v) is 10.1. The third kappa shape index (κ3) is 4.82. The van der Waals surface area contributed by atoms with Crippen molar-refractivity contribution in [2.75, 3.05) is 13.1 Å². The van der Waals surface area contributed by atoms with E-state index < -0.39 is 11.9 Å². The fourth-order valence-electron chi connectivity index (χ4n) is 4.75. The molecule has 1 saturated heterocycles. The number of nitrogens with two attached hydrogens (primary N) is 1. The molecular formula is C27H26ClN9O2. The molecule has 4 N–H and O–H groups in total. The Morgan fingerprint density at radius 1 is 1.23 bits per heavy atom. The van der Waals surface area contributed by atoms with Crippen LogP contribution in [0.5, 0.6) is 0 Å². The van der Waals surface area contributed by atoms with Gasteiger partial charge in [0.05, 0.1) is 17.3 Å². The molecule has 11 nitrogen and oxygen atoms in total. The number of rotatable bonds is 7. The van der Waals surface area contributed by atoms with E-state index in [0.717, 1.165) is 16.6 Å². The number of likely N-dealkylation sites (tertiary alicyclic amines) is 1. The number of fused-ring (bicyclic) bond motifs is 2. The Morgan fingerprint density at radius 2 is 2.08 bits per heavy atom. The molecule has 0 radical (unpaired) electrons. The minimum absolute atomic E-state index is 0.00949. The largest absolute Gasteiger partial charge is 0.344 e. The Balaban J connectivity index is 1.30. The highest BCUT2D eigenvalue weighted by atomic mass is 35.5. The van der Waals surface area contributed by atoms with Crippen molar-refractivity contribution >= 4 is 45.5 Å². The number of hydrogen-bond acceptors (Lipinski definition) is 7. The van der Waals surface area contributed by atoms with Crippen molar-refractivity contribution in [3.8, 4) is 11.4 Å². The average molecular weight is 544 g/mol. The third-order valence-corrected chi connectivity index (χ3v) is 7.06. The van der Waals surface area contributed by atoms with Crippen molar-refractivity contribution in [3.05, 3.63) is 71.3 Å². The molecule has 0 aliphatic carbocycles. The van der Waals surface area contributed by atoms with Crippen LogP contribution in [0, 0.1) is 0 Å². The predicted molar refractivity (Wildman–Crippen MR) is 147 cm³/mol. The summed E-state index contributed by atoms with van der Waals surface area (Å²) < 4.78 is 1.89. The van der Waals surface area contributed by atoms with Crippen LogP contribution in [-0.4, -0.2) is 71.6 Å². The van der Waals surface area contributed by atoms with Gasteiger partial charge in [0.15, 0.2) is 5.65 Å². The van der Waals surface area contributed by atoms with E-state index in [1.54, 1.807) is 30.4 Å². The lowest BCUT2D eigenvalue weighted by Crippen LogP contribution is -2.61. The Kier molecular flexibility index (Phi) is 6.45. The molecule has 1 aliphatic heterocycles. The number of halogens is 1. The number of nitrogens with zero attached hydrogens (tertiary/aromatic N) is 6. The summed E-state index contributed by atoms with van der Waals surface area (Å²) in [7, 11) is 0. The van der Waals surface area contributed by atoms with Crippen LogP contribution in [0.3, 0.4) is 0 Å². The van der Waals surface area contributed by atoms with Gasteiger partial charge in [0.1, 0.15) is 22.9 Å². The third-order valence-electron chi connectivity index (χ3n) is 6.83. The van der Waals surface area contributed by atoms with Crippen LogP contribution in [0.4, 0.5) is 0 Å². The van der Waals surface area contributed by atoms with Gasteiger partial charge in [-0.15, -0.1) is 0 Å². The van der Waals surface area contributed by atoms with E-state index in [1.165, 1.54) is 0 Å². The van der Waals surface area contributed by atoms with E-state index in [4.69, 9.17) is 27.4 Å². The zero-order valence-electron chi connectivity index (χ0n) is 21.1. The lowest BCUT2D eigenvalue weighted by molar-refractivity contribution is -0.137. The molecule has 0 bridgehead atoms. The maximum absolute atomic E-state index is 13.1. The number of H-pyrrole nitrogens is 1. The van der Waals surface area contributed by atoms with Gasteiger partial charge in [-0.2, -0.15) is 5.10 Å². The van der Waals surface area contributed by atoms with Crippen LogP contribution >= 0.6 is 11.6 Å². The SMILES string of the molecule is C[C@@H](NC(=O)c1c[nH]c2ncc(-c3nn(CCc4ccccn4)c4cc(Cl)ccc34)nc12)C(=O)N1CC(N)C1. The molecule has 1 fully saturated rings. The highest BCUT2D eigenvalue weighted by Gasteiger charge is 2.31. The second kappa shape index (κ2) is 10.1. The summed E-state index contributed by atoms with van der Waals surface area (Å²) in [6.07, 6.45) is 5.63. The monoisotopic (exact) mass is 543 g/mol. The number of amides is 2. The van der Waals surface area contributed by atoms with E-state index in [9.17, 15) is 9.59 Å². The quantitative estimate of drug-likeness (QED) is 0.286. The molecule has 0 unspecified atom stereocenters. The van der Waals surface area contributed by atoms with Crippen LogP contribution < -0.4 is 11.1 Å². The molecule has 1 aliphatic rings. The summed E-state index contributed by atoms with van der Waals surface area (Å²) in [5.74, 6) is -0.589. The maximum Gasteiger partial charge on any atom is 0.255 e. The van der Waals surface area contributed by atoms with Gasteiger partial charge < -0.3 is 20.9 Å². The van der Waals surface area contributed by atoms with Crippen molar-refractivity contribution in [1.82, 2.24) is 39.9 Å². The number of aromatic nitrogens is 6. The average Bonchev–Trinajstić information content (AvgIpc) is 3.51. The van der Waals surface area contributed by atoms with Gasteiger partial charge in [-0.1, -0.05) is 17.7 Å². The standard InChI is InChI=1S/C27H26ClN9O2/c1-15(27(39)36-13-17(29)14-36)33-26(38)20-11-31-25-24(20)34-21(12-32-25)23-19-6-5-16(28)10-22(19)37(35-23)9-7-18-4-2-3-8-30-18/h2-6,8,10-12,15,17H,7,9,13-14,29H2,1H3,(H,31,32)(H,33,38)/t15-/m1/s1. The van der Waals surface area contributed by atoms with Gasteiger partial charge in [0.25, 0.3) is 5.91 Å². The highest BCUT2D eigenvalue weighted by Crippen LogP contribution is 2.30. The first-order chi connectivity index (χ1) is 18.9. The molecule has 2 amide bonds. The van der Waals surface area contributed by atoms with E-state index in [0.29, 0.717) is 59.2 Å². The minimum atomic E-state index is -0.699. The minimum Gasteiger partial charge on any atom is -0.344 e. The number of nitrogens with one attached hydrogen (secondary N) is 2. The number of aryl methyl sites for hydroxylation is 2. The zero-order valence-corrected chi connectivity index (χ0v) is 21.9. The smallest absolute Gasteiger partial charge is 0.255 e. The molecule has 0 spiro atoms. The maximum atomic E-state index is 13.1. The molecule has 0 saturated carbocycles. The molecule has 6 rings (SSSR count). The first-order valence-electron chi connectivity index (χ1n) is 12.6. The number of aromatic amines is 1. The van der Waals surface area contributed by atoms with Crippen LogP contribution in [0.25, 0.3) is 33.5 Å². The van der Waals surface area contributed by atoms with E-state index >= 15 is 0 Å². The van der Waals surface area contributed by atoms with Gasteiger partial charge in [-0.05, 0) is 37.3 Å². The fraction of sp³-hybridized carbons (Fsp3) is 0.259. The van der Waals surface area contributed by atoms with Crippen molar-refractivity contribution in [3.63, 3.8) is 0 Å². The Hall–Kier alpha value is -4.35. The first kappa shape index (κ1) is 25.0. The summed E-state index contributed by atoms with van der Waals surface area (Å²) in [5.41, 5.74) is 9.88. The van der Waals surface area contributed by atoms with Crippen LogP contribution in [0.15, 0.2) is 55.0 Å². The molecule has 1 atom stereocenters. The van der Waals surface area contributed by atoms with Crippen molar-refractivity contribution in [1.29, 1.82) is 0 Å². The van der Waals surface area contributed by atoms with Crippen LogP contribution in [0.1, 0.15) is 23.0 Å². The Bertz CT molecular complexity index is 1690. The molecule has 198 valence electrons. The molecule has 4 aromatic heterocycles. The second-order valence-electron chi connectivity index (χ2n) is 9.66. The van der Waals surface area contributed by atoms with Crippen LogP contribution in [0.2, 0.25) is 5.02 Å². The van der Waals surface area contributed by atoms with E-state index in [-0.39, 0.29) is 11.9 Å². The van der Waals surface area contributed by atoms with Crippen molar-refractivity contribution in [2.45, 2.75) is 32.0 Å². The fourth-order valence-corrected chi connectivity index (χ4v) is 4.92. The molecule has 5 aromatic rings. The molecule has 12 heteroatoms. The number of benzene rings is 1. The number of pyridine rings is 1. The lowest BCUT2D eigenvalue weighted by Gasteiger charge is -2.38. The lowest BCUT2D eigenvalue weighted by atomic mass is 10.1. The first-order valence-corrected chi connectivity index (χ1v) is 13.0. The molecular weight excluding hydrogens is 518 g/mol.